The molecule has 11 heteroatoms. The molecule has 0 radical (unpaired) electrons. The van der Waals surface area contributed by atoms with Crippen LogP contribution in [0.5, 0.6) is 0 Å². The monoisotopic (exact) mass is 565 g/mol. The number of benzene rings is 1. The maximum Gasteiger partial charge on any atom is 0.331 e. The number of hydrogen-bond acceptors (Lipinski definition) is 6. The molecule has 1 spiro atoms. The molecule has 2 atom stereocenters. The SMILES string of the molecule is CCOC(=O)[C@H](Cc1ccc(NC(=O)c2c(Cl)c[n+]([O-])cc2Cl)cc1)N=C1C(Cl)C(=O)C12CCCCC2. The van der Waals surface area contributed by atoms with Crippen LogP contribution >= 0.6 is 34.8 Å². The molecule has 0 bridgehead atoms. The molecular formula is C26H26Cl3N3O5. The minimum absolute atomic E-state index is 0.000915. The molecule has 8 nitrogen and oxygen atoms in total. The van der Waals surface area contributed by atoms with Gasteiger partial charge in [-0.3, -0.25) is 14.6 Å². The Kier molecular flexibility index (Phi) is 8.41. The molecule has 0 saturated heterocycles. The number of Topliss-reactive ketones (excluding diaryl/α,β-unsaturated/α-hetero) is 1. The number of nitrogens with one attached hydrogen (secondary N) is 1. The van der Waals surface area contributed by atoms with E-state index in [2.05, 4.69) is 5.32 Å². The molecular weight excluding hydrogens is 541 g/mol. The van der Waals surface area contributed by atoms with Crippen molar-refractivity contribution >= 4 is 63.9 Å². The zero-order valence-corrected chi connectivity index (χ0v) is 22.4. The Morgan fingerprint density at radius 1 is 1.16 bits per heavy atom. The number of anilines is 1. The normalized spacial score (nSPS) is 20.4. The van der Waals surface area contributed by atoms with Gasteiger partial charge in [0.2, 0.25) is 0 Å². The topological polar surface area (TPSA) is 112 Å². The molecule has 1 unspecified atom stereocenters. The molecule has 4 rings (SSSR count). The lowest BCUT2D eigenvalue weighted by Gasteiger charge is -2.47. The number of esters is 1. The van der Waals surface area contributed by atoms with Crippen LogP contribution in [-0.2, 0) is 20.7 Å². The van der Waals surface area contributed by atoms with Crippen LogP contribution in [0, 0.1) is 10.6 Å². The van der Waals surface area contributed by atoms with E-state index in [1.165, 1.54) is 0 Å². The summed E-state index contributed by atoms with van der Waals surface area (Å²) in [7, 11) is 0. The average Bonchev–Trinajstić information content (AvgIpc) is 2.87. The Morgan fingerprint density at radius 3 is 2.38 bits per heavy atom. The number of rotatable bonds is 7. The number of hydrogen-bond donors (Lipinski definition) is 1. The largest absolute Gasteiger partial charge is 0.619 e. The summed E-state index contributed by atoms with van der Waals surface area (Å²) in [5.74, 6) is -1.05. The number of ketones is 1. The number of aliphatic imine (C=N–C) groups is 1. The van der Waals surface area contributed by atoms with Gasteiger partial charge in [0.05, 0.1) is 23.3 Å². The molecule has 1 aromatic carbocycles. The summed E-state index contributed by atoms with van der Waals surface area (Å²) in [6.07, 6.45) is 6.68. The van der Waals surface area contributed by atoms with Gasteiger partial charge in [-0.05, 0) is 37.5 Å². The predicted molar refractivity (Wildman–Crippen MR) is 142 cm³/mol. The fourth-order valence-electron chi connectivity index (χ4n) is 4.95. The van der Waals surface area contributed by atoms with Crippen LogP contribution in [0.2, 0.25) is 10.0 Å². The van der Waals surface area contributed by atoms with Gasteiger partial charge in [-0.1, -0.05) is 54.6 Å². The third-order valence-corrected chi connectivity index (χ3v) is 7.80. The van der Waals surface area contributed by atoms with Gasteiger partial charge in [0.15, 0.2) is 24.2 Å². The molecule has 2 aromatic rings. The lowest BCUT2D eigenvalue weighted by Crippen LogP contribution is -2.61. The highest BCUT2D eigenvalue weighted by Crippen LogP contribution is 2.49. The second-order valence-corrected chi connectivity index (χ2v) is 10.4. The van der Waals surface area contributed by atoms with Gasteiger partial charge in [-0.2, -0.15) is 4.73 Å². The highest BCUT2D eigenvalue weighted by Gasteiger charge is 2.58. The van der Waals surface area contributed by atoms with Crippen LogP contribution in [0.4, 0.5) is 5.69 Å². The van der Waals surface area contributed by atoms with E-state index in [0.717, 1.165) is 37.2 Å². The van der Waals surface area contributed by atoms with Crippen molar-refractivity contribution in [2.75, 3.05) is 11.9 Å². The Labute approximate surface area is 229 Å². The zero-order chi connectivity index (χ0) is 26.7. The van der Waals surface area contributed by atoms with Crippen LogP contribution in [-0.4, -0.2) is 41.4 Å². The molecule has 37 heavy (non-hydrogen) atoms. The minimum Gasteiger partial charge on any atom is -0.619 e. The van der Waals surface area contributed by atoms with E-state index in [1.54, 1.807) is 31.2 Å². The van der Waals surface area contributed by atoms with Crippen molar-refractivity contribution in [3.8, 4) is 0 Å². The number of amides is 1. The number of carbonyl (C=O) groups is 3. The summed E-state index contributed by atoms with van der Waals surface area (Å²) in [5.41, 5.74) is 1.18. The Morgan fingerprint density at radius 2 is 1.78 bits per heavy atom. The fourth-order valence-corrected chi connectivity index (χ4v) is 6.04. The van der Waals surface area contributed by atoms with E-state index in [4.69, 9.17) is 44.5 Å². The molecule has 196 valence electrons. The summed E-state index contributed by atoms with van der Waals surface area (Å²) >= 11 is 18.4. The Hall–Kier alpha value is -2.68. The Balaban J connectivity index is 1.51. The van der Waals surface area contributed by atoms with Gasteiger partial charge in [-0.25, -0.2) is 4.79 Å². The molecule has 2 aliphatic carbocycles. The van der Waals surface area contributed by atoms with Crippen molar-refractivity contribution in [2.24, 2.45) is 10.4 Å². The standard InChI is InChI=1S/C26H26Cl3N3O5/c1-2-37-25(35)19(31-22-21(29)23(33)26(22)10-4-3-5-11-26)12-15-6-8-16(9-7-15)30-24(34)20-17(27)13-32(36)14-18(20)28/h6-9,13-14,19,21H,2-5,10-12H2,1H3,(H,30,34)/t19-,21?/m0/s1. The molecule has 1 N–H and O–H groups in total. The first kappa shape index (κ1) is 27.4. The van der Waals surface area contributed by atoms with E-state index < -0.39 is 28.7 Å². The summed E-state index contributed by atoms with van der Waals surface area (Å²) in [6, 6.07) is 6.00. The van der Waals surface area contributed by atoms with Crippen molar-refractivity contribution in [1.82, 2.24) is 0 Å². The van der Waals surface area contributed by atoms with Crippen molar-refractivity contribution < 1.29 is 23.9 Å². The van der Waals surface area contributed by atoms with Crippen LogP contribution < -0.4 is 10.0 Å². The highest BCUT2D eigenvalue weighted by atomic mass is 35.5. The number of aromatic nitrogens is 1. The number of carbonyl (C=O) groups excluding carboxylic acids is 3. The predicted octanol–water partition coefficient (Wildman–Crippen LogP) is 4.93. The summed E-state index contributed by atoms with van der Waals surface area (Å²) in [5, 5.41) is 13.2. The fraction of sp³-hybridized carbons (Fsp3) is 0.423. The van der Waals surface area contributed by atoms with E-state index in [1.807, 2.05) is 0 Å². The second kappa shape index (κ2) is 11.4. The highest BCUT2D eigenvalue weighted by molar-refractivity contribution is 6.54. The van der Waals surface area contributed by atoms with E-state index in [9.17, 15) is 19.6 Å². The van der Waals surface area contributed by atoms with Crippen LogP contribution in [0.15, 0.2) is 41.7 Å². The van der Waals surface area contributed by atoms with Gasteiger partial charge in [0, 0.05) is 12.1 Å². The molecule has 2 aliphatic rings. The molecule has 2 saturated carbocycles. The van der Waals surface area contributed by atoms with Crippen LogP contribution in [0.3, 0.4) is 0 Å². The molecule has 0 aliphatic heterocycles. The number of alkyl halides is 1. The average molecular weight is 567 g/mol. The van der Waals surface area contributed by atoms with Gasteiger partial charge in [0.25, 0.3) is 5.91 Å². The van der Waals surface area contributed by atoms with E-state index in [0.29, 0.717) is 29.0 Å². The quantitative estimate of drug-likeness (QED) is 0.221. The number of nitrogens with zero attached hydrogens (tertiary/aromatic N) is 2. The van der Waals surface area contributed by atoms with Gasteiger partial charge >= 0.3 is 5.97 Å². The van der Waals surface area contributed by atoms with Crippen LogP contribution in [0.1, 0.15) is 54.9 Å². The third kappa shape index (κ3) is 5.61. The first-order valence-electron chi connectivity index (χ1n) is 12.1. The van der Waals surface area contributed by atoms with Gasteiger partial charge < -0.3 is 15.3 Å². The molecule has 1 amide bonds. The van der Waals surface area contributed by atoms with Crippen molar-refractivity contribution in [3.63, 3.8) is 0 Å². The van der Waals surface area contributed by atoms with Crippen LogP contribution in [0.25, 0.3) is 0 Å². The lowest BCUT2D eigenvalue weighted by atomic mass is 9.58. The maximum atomic E-state index is 12.8. The van der Waals surface area contributed by atoms with E-state index in [-0.39, 0.29) is 34.4 Å². The molecule has 1 heterocycles. The Bertz CT molecular complexity index is 1220. The number of pyridine rings is 1. The zero-order valence-electron chi connectivity index (χ0n) is 20.1. The number of halogens is 3. The second-order valence-electron chi connectivity index (χ2n) is 9.20. The van der Waals surface area contributed by atoms with Gasteiger partial charge in [-0.15, -0.1) is 11.6 Å². The summed E-state index contributed by atoms with van der Waals surface area (Å²) in [6.45, 7) is 1.93. The minimum atomic E-state index is -0.843. The molecule has 1 aromatic heterocycles. The van der Waals surface area contributed by atoms with Crippen molar-refractivity contribution in [2.45, 2.75) is 56.9 Å². The maximum absolute atomic E-state index is 12.8. The third-order valence-electron chi connectivity index (χ3n) is 6.82. The van der Waals surface area contributed by atoms with E-state index >= 15 is 0 Å². The first-order chi connectivity index (χ1) is 17.7. The summed E-state index contributed by atoms with van der Waals surface area (Å²) in [4.78, 5) is 42.8. The smallest absolute Gasteiger partial charge is 0.331 e. The number of ether oxygens (including phenoxy) is 1. The van der Waals surface area contributed by atoms with Crippen molar-refractivity contribution in [1.29, 1.82) is 0 Å². The lowest BCUT2D eigenvalue weighted by molar-refractivity contribution is -0.605. The van der Waals surface area contributed by atoms with Crippen molar-refractivity contribution in [3.05, 3.63) is 63.0 Å². The first-order valence-corrected chi connectivity index (χ1v) is 13.3. The van der Waals surface area contributed by atoms with Gasteiger partial charge in [0.1, 0.15) is 15.4 Å². The molecule has 2 fully saturated rings. The summed E-state index contributed by atoms with van der Waals surface area (Å²) < 4.78 is 5.68.